The van der Waals surface area contributed by atoms with E-state index in [1.807, 2.05) is 0 Å². The lowest BCUT2D eigenvalue weighted by Gasteiger charge is -2.08. The number of alkyl halides is 1. The number of nitrogens with zero attached hydrogens (tertiary/aromatic N) is 2. The van der Waals surface area contributed by atoms with Crippen LogP contribution in [0.4, 0.5) is 5.69 Å². The van der Waals surface area contributed by atoms with Crippen molar-refractivity contribution in [1.29, 1.82) is 0 Å². The fraction of sp³-hybridized carbons (Fsp3) is 0.500. The fourth-order valence-electron chi connectivity index (χ4n) is 1.37. The van der Waals surface area contributed by atoms with Crippen LogP contribution >= 0.6 is 11.6 Å². The van der Waals surface area contributed by atoms with Crippen molar-refractivity contribution < 1.29 is 9.66 Å². The molecule has 0 aliphatic rings. The number of halogens is 1. The summed E-state index contributed by atoms with van der Waals surface area (Å²) in [5.41, 5.74) is 1.15. The number of rotatable bonds is 5. The fourth-order valence-corrected chi connectivity index (χ4v) is 1.64. The highest BCUT2D eigenvalue weighted by Gasteiger charge is 2.18. The van der Waals surface area contributed by atoms with Gasteiger partial charge in [-0.25, -0.2) is 0 Å². The van der Waals surface area contributed by atoms with Crippen molar-refractivity contribution in [3.8, 4) is 0 Å². The van der Waals surface area contributed by atoms with E-state index >= 15 is 0 Å². The molecule has 1 heterocycles. The molecule has 0 amide bonds. The Labute approximate surface area is 98.5 Å². The van der Waals surface area contributed by atoms with Crippen LogP contribution in [0, 0.1) is 17.0 Å². The van der Waals surface area contributed by atoms with Crippen molar-refractivity contribution in [1.82, 2.24) is 4.98 Å². The van der Waals surface area contributed by atoms with Crippen molar-refractivity contribution in [2.75, 3.05) is 13.7 Å². The molecule has 1 aromatic heterocycles. The van der Waals surface area contributed by atoms with Crippen LogP contribution < -0.4 is 0 Å². The lowest BCUT2D eigenvalue weighted by Crippen LogP contribution is -2.13. The second-order valence-electron chi connectivity index (χ2n) is 3.43. The molecule has 0 N–H and O–H groups in total. The Bertz CT molecular complexity index is 384. The average Bonchev–Trinajstić information content (AvgIpc) is 2.17. The minimum absolute atomic E-state index is 0.00681. The molecule has 0 saturated carbocycles. The summed E-state index contributed by atoms with van der Waals surface area (Å²) in [6, 6.07) is 3.06. The summed E-state index contributed by atoms with van der Waals surface area (Å²) in [6.07, 6.45) is 0.327. The highest BCUT2D eigenvalue weighted by molar-refractivity contribution is 6.20. The number of aromatic nitrogens is 1. The Morgan fingerprint density at radius 3 is 2.88 bits per heavy atom. The number of hydrogen-bond donors (Lipinski definition) is 0. The van der Waals surface area contributed by atoms with Crippen LogP contribution in [-0.2, 0) is 11.2 Å². The van der Waals surface area contributed by atoms with Crippen LogP contribution in [0.15, 0.2) is 12.1 Å². The molecule has 1 aromatic rings. The molecular weight excluding hydrogens is 232 g/mol. The lowest BCUT2D eigenvalue weighted by atomic mass is 10.2. The molecule has 0 saturated heterocycles. The second kappa shape index (κ2) is 5.77. The van der Waals surface area contributed by atoms with Crippen molar-refractivity contribution >= 4 is 17.3 Å². The van der Waals surface area contributed by atoms with Gasteiger partial charge in [0, 0.05) is 25.3 Å². The third-order valence-electron chi connectivity index (χ3n) is 2.05. The average molecular weight is 245 g/mol. The summed E-state index contributed by atoms with van der Waals surface area (Å²) < 4.78 is 4.88. The number of aryl methyl sites for hydroxylation is 1. The Morgan fingerprint density at radius 1 is 1.62 bits per heavy atom. The Kier molecular flexibility index (Phi) is 4.64. The van der Waals surface area contributed by atoms with Gasteiger partial charge in [0.15, 0.2) is 0 Å². The standard InChI is InChI=1S/C10H13ClN2O3/c1-7-3-4-10(13(14)15)9(12-7)5-8(11)6-16-2/h3-4,8H,5-6H2,1-2H3. The molecule has 0 bridgehead atoms. The van der Waals surface area contributed by atoms with Crippen molar-refractivity contribution in [3.05, 3.63) is 33.6 Å². The van der Waals surface area contributed by atoms with Crippen molar-refractivity contribution in [3.63, 3.8) is 0 Å². The first-order chi connectivity index (χ1) is 7.54. The van der Waals surface area contributed by atoms with Crippen molar-refractivity contribution in [2.45, 2.75) is 18.7 Å². The molecule has 5 nitrogen and oxygen atoms in total. The Hall–Kier alpha value is -1.20. The van der Waals surface area contributed by atoms with Crippen LogP contribution in [0.2, 0.25) is 0 Å². The molecule has 16 heavy (non-hydrogen) atoms. The maximum absolute atomic E-state index is 10.8. The quantitative estimate of drug-likeness (QED) is 0.452. The zero-order chi connectivity index (χ0) is 12.1. The van der Waals surface area contributed by atoms with Gasteiger partial charge in [0.1, 0.15) is 5.69 Å². The number of pyridine rings is 1. The molecule has 0 spiro atoms. The molecule has 1 rings (SSSR count). The maximum atomic E-state index is 10.8. The highest BCUT2D eigenvalue weighted by Crippen LogP contribution is 2.19. The Morgan fingerprint density at radius 2 is 2.31 bits per heavy atom. The van der Waals surface area contributed by atoms with E-state index in [1.54, 1.807) is 13.0 Å². The topological polar surface area (TPSA) is 65.3 Å². The molecular formula is C10H13ClN2O3. The molecule has 0 aliphatic carbocycles. The predicted octanol–water partition coefficient (Wildman–Crippen LogP) is 2.09. The van der Waals surface area contributed by atoms with Gasteiger partial charge in [-0.3, -0.25) is 15.1 Å². The predicted molar refractivity (Wildman–Crippen MR) is 60.8 cm³/mol. The molecule has 88 valence electrons. The van der Waals surface area contributed by atoms with Crippen LogP contribution in [0.3, 0.4) is 0 Å². The van der Waals surface area contributed by atoms with Gasteiger partial charge in [-0.05, 0) is 13.0 Å². The molecule has 0 aliphatic heterocycles. The lowest BCUT2D eigenvalue weighted by molar-refractivity contribution is -0.385. The molecule has 6 heteroatoms. The van der Waals surface area contributed by atoms with Gasteiger partial charge in [0.05, 0.1) is 16.9 Å². The van der Waals surface area contributed by atoms with Crippen LogP contribution in [0.25, 0.3) is 0 Å². The van der Waals surface area contributed by atoms with Crippen LogP contribution in [0.5, 0.6) is 0 Å². The maximum Gasteiger partial charge on any atom is 0.290 e. The van der Waals surface area contributed by atoms with E-state index < -0.39 is 4.92 Å². The molecule has 1 atom stereocenters. The number of ether oxygens (including phenoxy) is 1. The van der Waals surface area contributed by atoms with E-state index in [1.165, 1.54) is 13.2 Å². The zero-order valence-corrected chi connectivity index (χ0v) is 9.90. The largest absolute Gasteiger partial charge is 0.383 e. The summed E-state index contributed by atoms with van der Waals surface area (Å²) in [6.45, 7) is 2.13. The van der Waals surface area contributed by atoms with Crippen LogP contribution in [-0.4, -0.2) is 29.0 Å². The normalized spacial score (nSPS) is 12.4. The third-order valence-corrected chi connectivity index (χ3v) is 2.33. The van der Waals surface area contributed by atoms with E-state index in [2.05, 4.69) is 4.98 Å². The Balaban J connectivity index is 2.92. The first-order valence-corrected chi connectivity index (χ1v) is 5.22. The number of hydrogen-bond acceptors (Lipinski definition) is 4. The molecule has 1 unspecified atom stereocenters. The monoisotopic (exact) mass is 244 g/mol. The second-order valence-corrected chi connectivity index (χ2v) is 4.05. The third kappa shape index (κ3) is 3.43. The summed E-state index contributed by atoms with van der Waals surface area (Å²) in [5, 5.41) is 10.5. The van der Waals surface area contributed by atoms with E-state index in [0.29, 0.717) is 18.7 Å². The van der Waals surface area contributed by atoms with E-state index in [9.17, 15) is 10.1 Å². The van der Waals surface area contributed by atoms with Gasteiger partial charge in [0.2, 0.25) is 0 Å². The van der Waals surface area contributed by atoms with Gasteiger partial charge in [-0.2, -0.15) is 0 Å². The SMILES string of the molecule is COCC(Cl)Cc1nc(C)ccc1[N+](=O)[O-]. The van der Waals surface area contributed by atoms with Crippen LogP contribution in [0.1, 0.15) is 11.4 Å². The summed E-state index contributed by atoms with van der Waals surface area (Å²) >= 11 is 5.96. The van der Waals surface area contributed by atoms with Gasteiger partial charge in [-0.1, -0.05) is 0 Å². The number of nitro groups is 1. The van der Waals surface area contributed by atoms with Gasteiger partial charge < -0.3 is 4.74 Å². The molecule has 0 radical (unpaired) electrons. The first-order valence-electron chi connectivity index (χ1n) is 4.78. The van der Waals surface area contributed by atoms with Gasteiger partial charge >= 0.3 is 0 Å². The highest BCUT2D eigenvalue weighted by atomic mass is 35.5. The summed E-state index contributed by atoms with van der Waals surface area (Å²) in [5.74, 6) is 0. The first kappa shape index (κ1) is 12.9. The smallest absolute Gasteiger partial charge is 0.290 e. The summed E-state index contributed by atoms with van der Waals surface area (Å²) in [4.78, 5) is 14.5. The van der Waals surface area contributed by atoms with Crippen molar-refractivity contribution in [2.24, 2.45) is 0 Å². The van der Waals surface area contributed by atoms with E-state index in [-0.39, 0.29) is 11.1 Å². The van der Waals surface area contributed by atoms with Gasteiger partial charge in [0.25, 0.3) is 5.69 Å². The number of methoxy groups -OCH3 is 1. The van der Waals surface area contributed by atoms with E-state index in [0.717, 1.165) is 5.69 Å². The van der Waals surface area contributed by atoms with Gasteiger partial charge in [-0.15, -0.1) is 11.6 Å². The summed E-state index contributed by atoms with van der Waals surface area (Å²) in [7, 11) is 1.54. The molecule has 0 fully saturated rings. The zero-order valence-electron chi connectivity index (χ0n) is 9.14. The minimum atomic E-state index is -0.446. The molecule has 0 aromatic carbocycles. The minimum Gasteiger partial charge on any atom is -0.383 e. The van der Waals surface area contributed by atoms with E-state index in [4.69, 9.17) is 16.3 Å².